The van der Waals surface area contributed by atoms with Gasteiger partial charge < -0.3 is 15.5 Å². The third-order valence-corrected chi connectivity index (χ3v) is 4.66. The zero-order valence-electron chi connectivity index (χ0n) is 14.8. The van der Waals surface area contributed by atoms with Gasteiger partial charge in [0.05, 0.1) is 6.04 Å². The highest BCUT2D eigenvalue weighted by atomic mass is 35.5. The Labute approximate surface area is 161 Å². The molecule has 0 aliphatic carbocycles. The van der Waals surface area contributed by atoms with Crippen molar-refractivity contribution in [3.8, 4) is 11.4 Å². The average molecular weight is 387 g/mol. The van der Waals surface area contributed by atoms with Crippen molar-refractivity contribution in [2.45, 2.75) is 13.0 Å². The lowest BCUT2D eigenvalue weighted by atomic mass is 9.99. The van der Waals surface area contributed by atoms with Crippen molar-refractivity contribution in [2.75, 3.05) is 25.4 Å². The Kier molecular flexibility index (Phi) is 5.36. The van der Waals surface area contributed by atoms with Crippen molar-refractivity contribution < 1.29 is 9.59 Å². The van der Waals surface area contributed by atoms with Gasteiger partial charge in [-0.15, -0.1) is 0 Å². The number of carbonyl (C=O) groups is 2. The smallest absolute Gasteiger partial charge is 0.246 e. The molecule has 0 saturated carbocycles. The molecule has 1 fully saturated rings. The molecule has 0 bridgehead atoms. The number of aromatic nitrogens is 3. The predicted molar refractivity (Wildman–Crippen MR) is 102 cm³/mol. The molecule has 1 aromatic heterocycles. The minimum absolute atomic E-state index is 0.0433. The van der Waals surface area contributed by atoms with Gasteiger partial charge in [-0.25, -0.2) is 9.97 Å². The van der Waals surface area contributed by atoms with E-state index in [1.165, 1.54) is 19.3 Å². The first-order chi connectivity index (χ1) is 12.9. The summed E-state index contributed by atoms with van der Waals surface area (Å²) in [4.78, 5) is 39.6. The van der Waals surface area contributed by atoms with E-state index in [1.807, 2.05) is 6.07 Å². The first kappa shape index (κ1) is 18.8. The Morgan fingerprint density at radius 3 is 2.74 bits per heavy atom. The molecule has 9 heteroatoms. The molecule has 1 aliphatic rings. The second kappa shape index (κ2) is 7.71. The maximum absolute atomic E-state index is 12.3. The van der Waals surface area contributed by atoms with Crippen LogP contribution in [0.1, 0.15) is 18.5 Å². The number of anilines is 1. The van der Waals surface area contributed by atoms with Crippen molar-refractivity contribution in [1.82, 2.24) is 24.8 Å². The maximum atomic E-state index is 12.3. The van der Waals surface area contributed by atoms with Gasteiger partial charge in [-0.2, -0.15) is 4.98 Å². The van der Waals surface area contributed by atoms with E-state index in [4.69, 9.17) is 17.3 Å². The van der Waals surface area contributed by atoms with Crippen LogP contribution < -0.4 is 5.73 Å². The molecule has 0 unspecified atom stereocenters. The maximum Gasteiger partial charge on any atom is 0.246 e. The lowest BCUT2D eigenvalue weighted by Gasteiger charge is -2.41. The normalized spacial score (nSPS) is 16.9. The van der Waals surface area contributed by atoms with Gasteiger partial charge in [0.2, 0.25) is 17.8 Å². The van der Waals surface area contributed by atoms with Crippen LogP contribution in [0.5, 0.6) is 0 Å². The van der Waals surface area contributed by atoms with Gasteiger partial charge in [-0.05, 0) is 29.8 Å². The van der Waals surface area contributed by atoms with Crippen molar-refractivity contribution >= 4 is 29.4 Å². The van der Waals surface area contributed by atoms with Gasteiger partial charge in [0.15, 0.2) is 5.82 Å². The number of benzene rings is 1. The summed E-state index contributed by atoms with van der Waals surface area (Å²) in [5.74, 6) is 0.241. The van der Waals surface area contributed by atoms with E-state index in [2.05, 4.69) is 21.5 Å². The molecule has 2 amide bonds. The second-order valence-corrected chi connectivity index (χ2v) is 6.59. The van der Waals surface area contributed by atoms with E-state index in [0.717, 1.165) is 5.56 Å². The third kappa shape index (κ3) is 4.06. The summed E-state index contributed by atoms with van der Waals surface area (Å²) in [7, 11) is 0. The van der Waals surface area contributed by atoms with Crippen LogP contribution in [-0.2, 0) is 9.59 Å². The van der Waals surface area contributed by atoms with Crippen LogP contribution in [0.2, 0.25) is 5.02 Å². The van der Waals surface area contributed by atoms with Gasteiger partial charge in [0, 0.05) is 37.1 Å². The molecule has 0 spiro atoms. The molecule has 27 heavy (non-hydrogen) atoms. The third-order valence-electron chi connectivity index (χ3n) is 4.44. The summed E-state index contributed by atoms with van der Waals surface area (Å²) < 4.78 is 0. The molecular formula is C18H19ClN6O2. The number of nitrogens with zero attached hydrogens (tertiary/aromatic N) is 5. The molecule has 1 saturated heterocycles. The van der Waals surface area contributed by atoms with Crippen molar-refractivity contribution in [3.63, 3.8) is 0 Å². The Balaban J connectivity index is 2.04. The molecule has 3 rings (SSSR count). The molecule has 140 valence electrons. The van der Waals surface area contributed by atoms with Crippen molar-refractivity contribution in [2.24, 2.45) is 0 Å². The largest absolute Gasteiger partial charge is 0.368 e. The standard InChI is InChI=1S/C18H19ClN6O2/c1-3-16(27)25-5-4-24(11(2)26)9-15(25)12-6-13(8-14(19)7-12)17-21-10-22-18(20)23-17/h3,6-8,10,15H,1,4-5,9H2,2H3,(H2,20,21,22,23)/t15-/m0/s1. The van der Waals surface area contributed by atoms with E-state index in [1.54, 1.807) is 21.9 Å². The van der Waals surface area contributed by atoms with E-state index in [-0.39, 0.29) is 23.8 Å². The van der Waals surface area contributed by atoms with Crippen molar-refractivity contribution in [3.05, 3.63) is 47.8 Å². The Morgan fingerprint density at radius 1 is 1.30 bits per heavy atom. The Hall–Kier alpha value is -3.00. The molecule has 0 radical (unpaired) electrons. The first-order valence-electron chi connectivity index (χ1n) is 8.33. The van der Waals surface area contributed by atoms with Gasteiger partial charge in [-0.3, -0.25) is 9.59 Å². The number of halogens is 1. The highest BCUT2D eigenvalue weighted by molar-refractivity contribution is 6.31. The van der Waals surface area contributed by atoms with E-state index in [0.29, 0.717) is 36.0 Å². The molecule has 1 aliphatic heterocycles. The highest BCUT2D eigenvalue weighted by Gasteiger charge is 2.32. The van der Waals surface area contributed by atoms with Gasteiger partial charge in [0.25, 0.3) is 0 Å². The Bertz CT molecular complexity index is 903. The first-order valence-corrected chi connectivity index (χ1v) is 8.70. The summed E-state index contributed by atoms with van der Waals surface area (Å²) >= 11 is 6.31. The lowest BCUT2D eigenvalue weighted by molar-refractivity contribution is -0.139. The molecule has 2 aromatic rings. The van der Waals surface area contributed by atoms with Crippen LogP contribution in [0.25, 0.3) is 11.4 Å². The van der Waals surface area contributed by atoms with Crippen LogP contribution in [0.3, 0.4) is 0 Å². The fourth-order valence-electron chi connectivity index (χ4n) is 3.12. The van der Waals surface area contributed by atoms with Crippen LogP contribution >= 0.6 is 11.6 Å². The zero-order chi connectivity index (χ0) is 19.6. The van der Waals surface area contributed by atoms with Crippen LogP contribution in [-0.4, -0.2) is 56.2 Å². The number of piperazine rings is 1. The summed E-state index contributed by atoms with van der Waals surface area (Å²) in [6.45, 7) is 6.34. The molecular weight excluding hydrogens is 368 g/mol. The summed E-state index contributed by atoms with van der Waals surface area (Å²) in [5.41, 5.74) is 7.07. The van der Waals surface area contributed by atoms with Gasteiger partial charge in [0.1, 0.15) is 6.33 Å². The van der Waals surface area contributed by atoms with Crippen molar-refractivity contribution in [1.29, 1.82) is 0 Å². The fraction of sp³-hybridized carbons (Fsp3) is 0.278. The zero-order valence-corrected chi connectivity index (χ0v) is 15.6. The number of hydrogen-bond acceptors (Lipinski definition) is 6. The van der Waals surface area contributed by atoms with E-state index < -0.39 is 0 Å². The molecule has 8 nitrogen and oxygen atoms in total. The highest BCUT2D eigenvalue weighted by Crippen LogP contribution is 2.31. The Morgan fingerprint density at radius 2 is 2.07 bits per heavy atom. The van der Waals surface area contributed by atoms with Crippen LogP contribution in [0, 0.1) is 0 Å². The minimum atomic E-state index is -0.357. The minimum Gasteiger partial charge on any atom is -0.368 e. The number of rotatable bonds is 3. The van der Waals surface area contributed by atoms with Gasteiger partial charge >= 0.3 is 0 Å². The summed E-state index contributed by atoms with van der Waals surface area (Å²) in [6.07, 6.45) is 2.60. The average Bonchev–Trinajstić information content (AvgIpc) is 2.66. The number of hydrogen-bond donors (Lipinski definition) is 1. The predicted octanol–water partition coefficient (Wildman–Crippen LogP) is 1.69. The lowest BCUT2D eigenvalue weighted by Crippen LogP contribution is -2.51. The van der Waals surface area contributed by atoms with E-state index in [9.17, 15) is 9.59 Å². The quantitative estimate of drug-likeness (QED) is 0.805. The monoisotopic (exact) mass is 386 g/mol. The number of amides is 2. The molecule has 1 aromatic carbocycles. The summed E-state index contributed by atoms with van der Waals surface area (Å²) in [6, 6.07) is 4.97. The van der Waals surface area contributed by atoms with Crippen LogP contribution in [0.4, 0.5) is 5.95 Å². The molecule has 1 atom stereocenters. The number of nitrogens with two attached hydrogens (primary N) is 1. The fourth-order valence-corrected chi connectivity index (χ4v) is 3.36. The molecule has 2 N–H and O–H groups in total. The number of carbonyl (C=O) groups excluding carboxylic acids is 2. The van der Waals surface area contributed by atoms with Gasteiger partial charge in [-0.1, -0.05) is 18.2 Å². The topological polar surface area (TPSA) is 105 Å². The van der Waals surface area contributed by atoms with E-state index >= 15 is 0 Å². The second-order valence-electron chi connectivity index (χ2n) is 6.16. The van der Waals surface area contributed by atoms with Crippen LogP contribution in [0.15, 0.2) is 37.2 Å². The number of nitrogen functional groups attached to an aromatic ring is 1. The SMILES string of the molecule is C=CC(=O)N1CCN(C(C)=O)C[C@H]1c1cc(Cl)cc(-c2ncnc(N)n2)c1. The summed E-state index contributed by atoms with van der Waals surface area (Å²) in [5, 5.41) is 0.465. The molecule has 2 heterocycles.